The second-order valence-corrected chi connectivity index (χ2v) is 11.4. The first-order chi connectivity index (χ1) is 17.2. The number of carbonyl (C=O) groups excluding carboxylic acids is 4. The summed E-state index contributed by atoms with van der Waals surface area (Å²) in [6, 6.07) is -3.41. The van der Waals surface area contributed by atoms with Gasteiger partial charge in [0.25, 0.3) is 5.91 Å². The number of hydrogen-bond donors (Lipinski definition) is 3. The van der Waals surface area contributed by atoms with E-state index in [0.717, 1.165) is 11.3 Å². The average Bonchev–Trinajstić information content (AvgIpc) is 3.39. The summed E-state index contributed by atoms with van der Waals surface area (Å²) >= 11 is 1.07. The minimum atomic E-state index is -3.17. The van der Waals surface area contributed by atoms with Gasteiger partial charge in [0.15, 0.2) is 5.78 Å². The molecule has 3 N–H and O–H groups in total. The summed E-state index contributed by atoms with van der Waals surface area (Å²) in [5, 5.41) is 8.26. The number of halogens is 2. The summed E-state index contributed by atoms with van der Waals surface area (Å²) in [5.74, 6) is -2.35. The SMILES string of the molecule is Cc1ncc(C(=O)N[C@@H](COC(F)F)C(=O)N[C@@H](CC(C)C)C(=O)N[C@@H](CC(C)C)C(=O)[C@@]2(C)CO2)s1. The predicted molar refractivity (Wildman–Crippen MR) is 132 cm³/mol. The lowest BCUT2D eigenvalue weighted by atomic mass is 9.92. The van der Waals surface area contributed by atoms with Gasteiger partial charge in [0.1, 0.15) is 22.6 Å². The van der Waals surface area contributed by atoms with Crippen molar-refractivity contribution in [1.29, 1.82) is 0 Å². The Morgan fingerprint density at radius 1 is 1.03 bits per heavy atom. The number of hydrogen-bond acceptors (Lipinski definition) is 8. The van der Waals surface area contributed by atoms with E-state index in [1.807, 2.05) is 27.7 Å². The Morgan fingerprint density at radius 3 is 2.05 bits per heavy atom. The van der Waals surface area contributed by atoms with Crippen molar-refractivity contribution >= 4 is 34.8 Å². The van der Waals surface area contributed by atoms with Gasteiger partial charge in [0, 0.05) is 0 Å². The van der Waals surface area contributed by atoms with Crippen molar-refractivity contribution in [2.75, 3.05) is 13.2 Å². The molecule has 208 valence electrons. The fourth-order valence-electron chi connectivity index (χ4n) is 3.62. The van der Waals surface area contributed by atoms with Crippen molar-refractivity contribution in [2.24, 2.45) is 11.8 Å². The number of alkyl halides is 2. The minimum Gasteiger partial charge on any atom is -0.361 e. The highest BCUT2D eigenvalue weighted by Gasteiger charge is 2.50. The Bertz CT molecular complexity index is 967. The van der Waals surface area contributed by atoms with Crippen LogP contribution in [0.3, 0.4) is 0 Å². The lowest BCUT2D eigenvalue weighted by Crippen LogP contribution is -2.58. The maximum Gasteiger partial charge on any atom is 0.345 e. The van der Waals surface area contributed by atoms with Crippen molar-refractivity contribution in [3.05, 3.63) is 16.1 Å². The van der Waals surface area contributed by atoms with Crippen molar-refractivity contribution in [3.63, 3.8) is 0 Å². The Kier molecular flexibility index (Phi) is 11.1. The Morgan fingerprint density at radius 2 is 1.57 bits per heavy atom. The zero-order valence-electron chi connectivity index (χ0n) is 21.9. The number of aromatic nitrogens is 1. The standard InChI is InChI=1S/C24H36F2N4O6S/c1-12(2)7-15(19(31)24(6)11-36-24)28-20(32)16(8-13(3)4)29-21(33)17(10-35-23(25)26)30-22(34)18-9-27-14(5)37-18/h9,12-13,15-17,23H,7-8,10-11H2,1-6H3,(H,28,32)(H,29,33)(H,30,34)/t15-,16-,17-,24+/m0/s1. The highest BCUT2D eigenvalue weighted by Crippen LogP contribution is 2.29. The number of carbonyl (C=O) groups is 4. The molecular weight excluding hydrogens is 510 g/mol. The molecule has 37 heavy (non-hydrogen) atoms. The van der Waals surface area contributed by atoms with Crippen LogP contribution >= 0.6 is 11.3 Å². The maximum absolute atomic E-state index is 13.2. The average molecular weight is 547 g/mol. The zero-order chi connectivity index (χ0) is 27.9. The monoisotopic (exact) mass is 546 g/mol. The topological polar surface area (TPSA) is 139 Å². The van der Waals surface area contributed by atoms with Crippen LogP contribution in [-0.2, 0) is 23.9 Å². The van der Waals surface area contributed by atoms with Gasteiger partial charge in [-0.2, -0.15) is 8.78 Å². The number of Topliss-reactive ketones (excluding diaryl/α,β-unsaturated/α-hetero) is 1. The highest BCUT2D eigenvalue weighted by atomic mass is 32.1. The van der Waals surface area contributed by atoms with Crippen LogP contribution < -0.4 is 16.0 Å². The normalized spacial score (nSPS) is 19.4. The van der Waals surface area contributed by atoms with Crippen LogP contribution in [0.25, 0.3) is 0 Å². The first-order valence-corrected chi connectivity index (χ1v) is 13.0. The number of ether oxygens (including phenoxy) is 2. The Labute approximate surface area is 219 Å². The van der Waals surface area contributed by atoms with Crippen molar-refractivity contribution in [1.82, 2.24) is 20.9 Å². The molecule has 1 fully saturated rings. The van der Waals surface area contributed by atoms with Gasteiger partial charge in [-0.3, -0.25) is 19.2 Å². The van der Waals surface area contributed by atoms with Crippen molar-refractivity contribution < 1.29 is 37.4 Å². The molecule has 2 heterocycles. The molecule has 0 bridgehead atoms. The van der Waals surface area contributed by atoms with Gasteiger partial charge in [-0.15, -0.1) is 11.3 Å². The molecule has 0 spiro atoms. The summed E-state index contributed by atoms with van der Waals surface area (Å²) < 4.78 is 35.0. The molecule has 13 heteroatoms. The number of thiazole rings is 1. The van der Waals surface area contributed by atoms with Gasteiger partial charge in [0.05, 0.1) is 30.5 Å². The van der Waals surface area contributed by atoms with Crippen LogP contribution in [0.1, 0.15) is 62.1 Å². The predicted octanol–water partition coefficient (Wildman–Crippen LogP) is 2.21. The van der Waals surface area contributed by atoms with Crippen molar-refractivity contribution in [2.45, 2.75) is 84.7 Å². The third-order valence-corrected chi connectivity index (χ3v) is 6.55. The third kappa shape index (κ3) is 9.71. The fraction of sp³-hybridized carbons (Fsp3) is 0.708. The second kappa shape index (κ2) is 13.3. The number of aryl methyl sites for hydroxylation is 1. The maximum atomic E-state index is 13.2. The van der Waals surface area contributed by atoms with E-state index >= 15 is 0 Å². The molecular formula is C24H36F2N4O6S. The third-order valence-electron chi connectivity index (χ3n) is 5.63. The number of ketones is 1. The zero-order valence-corrected chi connectivity index (χ0v) is 22.7. The summed E-state index contributed by atoms with van der Waals surface area (Å²) in [6.07, 6.45) is 1.89. The van der Waals surface area contributed by atoms with Gasteiger partial charge < -0.3 is 25.4 Å². The molecule has 1 aliphatic heterocycles. The summed E-state index contributed by atoms with van der Waals surface area (Å²) in [6.45, 7) is 7.15. The van der Waals surface area contributed by atoms with Gasteiger partial charge in [-0.25, -0.2) is 4.98 Å². The molecule has 0 radical (unpaired) electrons. The van der Waals surface area contributed by atoms with Crippen LogP contribution in [0.5, 0.6) is 0 Å². The van der Waals surface area contributed by atoms with E-state index in [4.69, 9.17) is 4.74 Å². The molecule has 1 aromatic rings. The van der Waals surface area contributed by atoms with E-state index in [9.17, 15) is 28.0 Å². The first kappa shape index (κ1) is 30.7. The van der Waals surface area contributed by atoms with Crippen LogP contribution in [-0.4, -0.2) is 72.0 Å². The van der Waals surface area contributed by atoms with E-state index in [1.165, 1.54) is 6.20 Å². The summed E-state index contributed by atoms with van der Waals surface area (Å²) in [4.78, 5) is 55.9. The lowest BCUT2D eigenvalue weighted by Gasteiger charge is -2.27. The smallest absolute Gasteiger partial charge is 0.345 e. The minimum absolute atomic E-state index is 0.0369. The molecule has 0 aliphatic carbocycles. The molecule has 4 atom stereocenters. The first-order valence-electron chi connectivity index (χ1n) is 12.1. The summed E-state index contributed by atoms with van der Waals surface area (Å²) in [5.41, 5.74) is -0.944. The molecule has 1 aliphatic rings. The number of epoxide rings is 1. The van der Waals surface area contributed by atoms with Crippen LogP contribution in [0, 0.1) is 18.8 Å². The van der Waals surface area contributed by atoms with E-state index in [-0.39, 0.29) is 35.5 Å². The van der Waals surface area contributed by atoms with Gasteiger partial charge in [0.2, 0.25) is 11.8 Å². The highest BCUT2D eigenvalue weighted by molar-refractivity contribution is 7.13. The summed E-state index contributed by atoms with van der Waals surface area (Å²) in [7, 11) is 0. The number of nitrogens with zero attached hydrogens (tertiary/aromatic N) is 1. The lowest BCUT2D eigenvalue weighted by molar-refractivity contribution is -0.144. The van der Waals surface area contributed by atoms with Gasteiger partial charge in [-0.05, 0) is 38.5 Å². The number of rotatable bonds is 15. The van der Waals surface area contributed by atoms with E-state index in [2.05, 4.69) is 25.7 Å². The fourth-order valence-corrected chi connectivity index (χ4v) is 4.30. The van der Waals surface area contributed by atoms with Crippen molar-refractivity contribution in [3.8, 4) is 0 Å². The van der Waals surface area contributed by atoms with E-state index in [1.54, 1.807) is 13.8 Å². The molecule has 1 aromatic heterocycles. The quantitative estimate of drug-likeness (QED) is 0.287. The molecule has 0 unspecified atom stereocenters. The van der Waals surface area contributed by atoms with Crippen LogP contribution in [0.2, 0.25) is 0 Å². The van der Waals surface area contributed by atoms with E-state index < -0.39 is 54.7 Å². The molecule has 1 saturated heterocycles. The van der Waals surface area contributed by atoms with E-state index in [0.29, 0.717) is 11.4 Å². The second-order valence-electron chi connectivity index (χ2n) is 10.1. The van der Waals surface area contributed by atoms with Gasteiger partial charge in [-0.1, -0.05) is 27.7 Å². The van der Waals surface area contributed by atoms with Gasteiger partial charge >= 0.3 is 6.61 Å². The molecule has 3 amide bonds. The van der Waals surface area contributed by atoms with Crippen LogP contribution in [0.4, 0.5) is 8.78 Å². The molecule has 10 nitrogen and oxygen atoms in total. The Balaban J connectivity index is 2.17. The number of amides is 3. The molecule has 0 saturated carbocycles. The molecule has 0 aromatic carbocycles. The van der Waals surface area contributed by atoms with Crippen LogP contribution in [0.15, 0.2) is 6.20 Å². The Hall–Kier alpha value is -2.51. The molecule has 2 rings (SSSR count). The largest absolute Gasteiger partial charge is 0.361 e. The number of nitrogens with one attached hydrogen (secondary N) is 3.